The van der Waals surface area contributed by atoms with Gasteiger partial charge in [-0.3, -0.25) is 4.90 Å². The van der Waals surface area contributed by atoms with Gasteiger partial charge in [0, 0.05) is 18.1 Å². The van der Waals surface area contributed by atoms with Crippen LogP contribution in [0.2, 0.25) is 0 Å². The second-order valence-electron chi connectivity index (χ2n) is 14.1. The van der Waals surface area contributed by atoms with Crippen LogP contribution < -0.4 is 0 Å². The van der Waals surface area contributed by atoms with Gasteiger partial charge in [-0.1, -0.05) is 61.5 Å². The molecule has 4 heterocycles. The van der Waals surface area contributed by atoms with E-state index in [4.69, 9.17) is 4.74 Å². The predicted octanol–water partition coefficient (Wildman–Crippen LogP) is 8.08. The van der Waals surface area contributed by atoms with Crippen LogP contribution in [-0.2, 0) is 4.74 Å². The quantitative estimate of drug-likeness (QED) is 0.421. The number of hydrogen-bond acceptors (Lipinski definition) is 2. The van der Waals surface area contributed by atoms with Crippen molar-refractivity contribution in [3.63, 3.8) is 0 Å². The molecule has 2 spiro atoms. The number of nitrogens with zero attached hydrogens (tertiary/aromatic N) is 1. The van der Waals surface area contributed by atoms with Gasteiger partial charge >= 0.3 is 0 Å². The third-order valence-corrected chi connectivity index (χ3v) is 12.8. The van der Waals surface area contributed by atoms with Crippen molar-refractivity contribution in [2.45, 2.75) is 119 Å². The number of allylic oxidation sites excluding steroid dienone is 1. The lowest BCUT2D eigenvalue weighted by molar-refractivity contribution is -0.141. The lowest BCUT2D eigenvalue weighted by atomic mass is 9.58. The van der Waals surface area contributed by atoms with Crippen molar-refractivity contribution in [1.82, 2.24) is 4.90 Å². The van der Waals surface area contributed by atoms with E-state index >= 15 is 0 Å². The molecule has 3 saturated heterocycles. The lowest BCUT2D eigenvalue weighted by Gasteiger charge is -2.55. The minimum Gasteiger partial charge on any atom is -0.359 e. The molecule has 0 N–H and O–H groups in total. The van der Waals surface area contributed by atoms with Crippen molar-refractivity contribution < 1.29 is 4.74 Å². The highest BCUT2D eigenvalue weighted by Crippen LogP contribution is 2.69. The molecule has 0 radical (unpaired) electrons. The highest BCUT2D eigenvalue weighted by Gasteiger charge is 2.67. The molecule has 4 bridgehead atoms. The topological polar surface area (TPSA) is 12.5 Å². The average Bonchev–Trinajstić information content (AvgIpc) is 3.68. The van der Waals surface area contributed by atoms with Crippen molar-refractivity contribution in [2.24, 2.45) is 11.3 Å². The van der Waals surface area contributed by atoms with E-state index in [2.05, 4.69) is 66.4 Å². The summed E-state index contributed by atoms with van der Waals surface area (Å²) in [6.45, 7) is 2.62. The zero-order chi connectivity index (χ0) is 24.4. The van der Waals surface area contributed by atoms with E-state index in [1.165, 1.54) is 87.8 Å². The Morgan fingerprint density at radius 3 is 2.49 bits per heavy atom. The lowest BCUT2D eigenvalue weighted by Crippen LogP contribution is -2.55. The Labute approximate surface area is 222 Å². The molecule has 9 rings (SSSR count). The van der Waals surface area contributed by atoms with Crippen LogP contribution >= 0.6 is 0 Å². The highest BCUT2D eigenvalue weighted by molar-refractivity contribution is 5.83. The Morgan fingerprint density at radius 1 is 0.838 bits per heavy atom. The fraction of sp³-hybridized carbons (Fsp3) is 0.600. The van der Waals surface area contributed by atoms with Crippen molar-refractivity contribution >= 4 is 10.8 Å². The molecule has 4 aliphatic heterocycles. The molecule has 6 atom stereocenters. The van der Waals surface area contributed by atoms with Crippen LogP contribution in [0.4, 0.5) is 0 Å². The number of fused-ring (bicyclic) bond motifs is 4. The monoisotopic (exact) mass is 491 g/mol. The van der Waals surface area contributed by atoms with Gasteiger partial charge in [0.15, 0.2) is 0 Å². The van der Waals surface area contributed by atoms with Gasteiger partial charge in [0.05, 0.1) is 11.2 Å². The van der Waals surface area contributed by atoms with Crippen LogP contribution in [-0.4, -0.2) is 34.2 Å². The molecule has 2 nitrogen and oxygen atoms in total. The van der Waals surface area contributed by atoms with Crippen LogP contribution in [0.15, 0.2) is 65.8 Å². The largest absolute Gasteiger partial charge is 0.359 e. The molecule has 0 amide bonds. The highest BCUT2D eigenvalue weighted by atomic mass is 16.5. The average molecular weight is 492 g/mol. The minimum absolute atomic E-state index is 0.0293. The molecule has 2 aromatic rings. The summed E-state index contributed by atoms with van der Waals surface area (Å²) in [5.41, 5.74) is 5.05. The van der Waals surface area contributed by atoms with Crippen LogP contribution in [0.5, 0.6) is 0 Å². The number of hydrogen-bond donors (Lipinski definition) is 0. The van der Waals surface area contributed by atoms with E-state index in [1.807, 2.05) is 0 Å². The maximum atomic E-state index is 7.63. The fourth-order valence-corrected chi connectivity index (χ4v) is 11.2. The molecule has 2 heteroatoms. The Morgan fingerprint density at radius 2 is 1.65 bits per heavy atom. The van der Waals surface area contributed by atoms with E-state index < -0.39 is 0 Å². The zero-order valence-corrected chi connectivity index (χ0v) is 22.4. The summed E-state index contributed by atoms with van der Waals surface area (Å²) in [7, 11) is 0. The first-order chi connectivity index (χ1) is 18.1. The minimum atomic E-state index is -0.0338. The Bertz CT molecular complexity index is 1340. The van der Waals surface area contributed by atoms with Crippen LogP contribution in [0, 0.1) is 11.3 Å². The molecule has 7 aliphatic rings. The van der Waals surface area contributed by atoms with Gasteiger partial charge in [-0.2, -0.15) is 0 Å². The molecule has 192 valence electrons. The van der Waals surface area contributed by atoms with Gasteiger partial charge in [-0.05, 0) is 122 Å². The Kier molecular flexibility index (Phi) is 4.39. The molecule has 0 aromatic heterocycles. The Hall–Kier alpha value is -1.90. The molecule has 2 unspecified atom stereocenters. The van der Waals surface area contributed by atoms with Crippen LogP contribution in [0.3, 0.4) is 0 Å². The van der Waals surface area contributed by atoms with Crippen LogP contribution in [0.25, 0.3) is 10.8 Å². The van der Waals surface area contributed by atoms with Gasteiger partial charge in [-0.15, -0.1) is 0 Å². The summed E-state index contributed by atoms with van der Waals surface area (Å²) in [4.78, 5) is 2.99. The van der Waals surface area contributed by atoms with Gasteiger partial charge in [0.1, 0.15) is 0 Å². The SMILES string of the molecule is C[C@]12CC=C3C=C4CC[C@@H](N5C6CCC5CC6)C[C@]45CCC3(O5)[C@@H]1CCC2c1ccc2ccccc2c1. The summed E-state index contributed by atoms with van der Waals surface area (Å²) in [6, 6.07) is 18.7. The van der Waals surface area contributed by atoms with E-state index in [9.17, 15) is 0 Å². The van der Waals surface area contributed by atoms with Gasteiger partial charge in [-0.25, -0.2) is 0 Å². The number of ether oxygens (including phenoxy) is 1. The molecule has 2 saturated carbocycles. The first-order valence-corrected chi connectivity index (χ1v) is 15.5. The van der Waals surface area contributed by atoms with E-state index in [0.29, 0.717) is 11.8 Å². The van der Waals surface area contributed by atoms with Crippen molar-refractivity contribution in [3.8, 4) is 0 Å². The Balaban J connectivity index is 1.06. The van der Waals surface area contributed by atoms with Gasteiger partial charge in [0.25, 0.3) is 0 Å². The van der Waals surface area contributed by atoms with Crippen molar-refractivity contribution in [1.29, 1.82) is 0 Å². The molecular weight excluding hydrogens is 450 g/mol. The second kappa shape index (κ2) is 7.39. The number of rotatable bonds is 2. The smallest absolute Gasteiger partial charge is 0.0974 e. The molecule has 37 heavy (non-hydrogen) atoms. The van der Waals surface area contributed by atoms with E-state index in [-0.39, 0.29) is 16.6 Å². The van der Waals surface area contributed by atoms with E-state index in [0.717, 1.165) is 18.1 Å². The number of benzene rings is 2. The second-order valence-corrected chi connectivity index (χ2v) is 14.1. The van der Waals surface area contributed by atoms with Crippen molar-refractivity contribution in [2.75, 3.05) is 0 Å². The molecular formula is C35H41NO. The molecule has 2 aromatic carbocycles. The van der Waals surface area contributed by atoms with Gasteiger partial charge in [0.2, 0.25) is 0 Å². The van der Waals surface area contributed by atoms with Crippen molar-refractivity contribution in [3.05, 3.63) is 71.3 Å². The molecule has 5 fully saturated rings. The summed E-state index contributed by atoms with van der Waals surface area (Å²) < 4.78 is 7.63. The summed E-state index contributed by atoms with van der Waals surface area (Å²) in [5, 5.41) is 2.75. The third-order valence-electron chi connectivity index (χ3n) is 12.8. The normalized spacial score (nSPS) is 45.9. The first-order valence-electron chi connectivity index (χ1n) is 15.5. The maximum Gasteiger partial charge on any atom is 0.0974 e. The summed E-state index contributed by atoms with van der Waals surface area (Å²) in [6.07, 6.45) is 21.3. The standard InChI is InChI=1S/C35H41NO/c1-33-17-16-27-21-26-8-9-30(36-28-10-11-29(36)13-12-28)22-34(26)18-19-35(27,37-34)32(33)15-14-31(33)25-7-6-23-4-2-3-5-24(23)20-25/h2-7,16,20-21,28-32H,8-15,17-19,22H2,1H3/t28?,29?,30-,31?,32-,33-,34-,35?/m1/s1. The van der Waals surface area contributed by atoms with E-state index in [1.54, 1.807) is 16.7 Å². The summed E-state index contributed by atoms with van der Waals surface area (Å²) in [5.74, 6) is 1.26. The fourth-order valence-electron chi connectivity index (χ4n) is 11.2. The zero-order valence-electron chi connectivity index (χ0n) is 22.4. The summed E-state index contributed by atoms with van der Waals surface area (Å²) >= 11 is 0. The maximum absolute atomic E-state index is 7.63. The first kappa shape index (κ1) is 22.0. The van der Waals surface area contributed by atoms with Crippen LogP contribution in [0.1, 0.15) is 95.5 Å². The molecule has 3 aliphatic carbocycles. The third kappa shape index (κ3) is 2.80. The predicted molar refractivity (Wildman–Crippen MR) is 150 cm³/mol. The van der Waals surface area contributed by atoms with Gasteiger partial charge < -0.3 is 4.74 Å².